The molecule has 22 heavy (non-hydrogen) atoms. The summed E-state index contributed by atoms with van der Waals surface area (Å²) in [5, 5.41) is 3.23. The number of rotatable bonds is 3. The minimum Gasteiger partial charge on any atom is -0.345 e. The van der Waals surface area contributed by atoms with Crippen molar-refractivity contribution in [3.63, 3.8) is 0 Å². The zero-order valence-corrected chi connectivity index (χ0v) is 13.4. The molecule has 0 aliphatic heterocycles. The molecule has 1 N–H and O–H groups in total. The molecule has 1 amide bonds. The SMILES string of the molecule is C[C@H](NC(=O)c1cccnc1Cl)c1ccc2c(c1)CCCC2. The van der Waals surface area contributed by atoms with E-state index in [1.807, 2.05) is 6.92 Å². The molecule has 1 aromatic heterocycles. The molecule has 1 aliphatic rings. The molecule has 1 heterocycles. The van der Waals surface area contributed by atoms with Gasteiger partial charge >= 0.3 is 0 Å². The van der Waals surface area contributed by atoms with Gasteiger partial charge in [-0.05, 0) is 61.4 Å². The number of carbonyl (C=O) groups excluding carboxylic acids is 1. The molecule has 4 heteroatoms. The van der Waals surface area contributed by atoms with E-state index in [1.165, 1.54) is 30.4 Å². The number of aromatic nitrogens is 1. The summed E-state index contributed by atoms with van der Waals surface area (Å²) >= 11 is 5.97. The van der Waals surface area contributed by atoms with Crippen molar-refractivity contribution in [3.8, 4) is 0 Å². The monoisotopic (exact) mass is 314 g/mol. The van der Waals surface area contributed by atoms with Gasteiger partial charge in [-0.2, -0.15) is 0 Å². The van der Waals surface area contributed by atoms with Crippen LogP contribution in [0.1, 0.15) is 52.9 Å². The first-order chi connectivity index (χ1) is 10.6. The maximum atomic E-state index is 12.3. The first kappa shape index (κ1) is 15.0. The highest BCUT2D eigenvalue weighted by Crippen LogP contribution is 2.25. The summed E-state index contributed by atoms with van der Waals surface area (Å²) in [6.45, 7) is 1.99. The van der Waals surface area contributed by atoms with E-state index in [-0.39, 0.29) is 17.1 Å². The molecule has 0 unspecified atom stereocenters. The van der Waals surface area contributed by atoms with Gasteiger partial charge in [0.15, 0.2) is 0 Å². The number of nitrogens with one attached hydrogen (secondary N) is 1. The summed E-state index contributed by atoms with van der Waals surface area (Å²) in [6, 6.07) is 9.87. The summed E-state index contributed by atoms with van der Waals surface area (Å²) in [7, 11) is 0. The molecule has 0 bridgehead atoms. The molecule has 0 radical (unpaired) electrons. The summed E-state index contributed by atoms with van der Waals surface area (Å²) in [6.07, 6.45) is 6.41. The number of amides is 1. The van der Waals surface area contributed by atoms with Crippen molar-refractivity contribution >= 4 is 17.5 Å². The summed E-state index contributed by atoms with van der Waals surface area (Å²) in [5.41, 5.74) is 4.41. The van der Waals surface area contributed by atoms with E-state index < -0.39 is 0 Å². The Morgan fingerprint density at radius 2 is 2.00 bits per heavy atom. The number of benzene rings is 1. The molecule has 1 aromatic carbocycles. The molecule has 1 atom stereocenters. The Morgan fingerprint density at radius 1 is 1.23 bits per heavy atom. The van der Waals surface area contributed by atoms with E-state index in [4.69, 9.17) is 11.6 Å². The average Bonchev–Trinajstić information content (AvgIpc) is 2.54. The number of nitrogens with zero attached hydrogens (tertiary/aromatic N) is 1. The third-order valence-corrected chi connectivity index (χ3v) is 4.53. The first-order valence-electron chi connectivity index (χ1n) is 7.68. The molecule has 114 valence electrons. The molecule has 0 spiro atoms. The lowest BCUT2D eigenvalue weighted by Gasteiger charge is -2.20. The minimum atomic E-state index is -0.191. The standard InChI is InChI=1S/C18H19ClN2O/c1-12(21-18(22)16-7-4-10-20-17(16)19)14-9-8-13-5-2-3-6-15(13)11-14/h4,7-12H,2-3,5-6H2,1H3,(H,21,22)/t12-/m0/s1. The Labute approximate surface area is 135 Å². The van der Waals surface area contributed by atoms with Crippen LogP contribution >= 0.6 is 11.6 Å². The highest BCUT2D eigenvalue weighted by Gasteiger charge is 2.16. The van der Waals surface area contributed by atoms with Gasteiger partial charge in [0.1, 0.15) is 5.15 Å². The smallest absolute Gasteiger partial charge is 0.254 e. The van der Waals surface area contributed by atoms with E-state index in [9.17, 15) is 4.79 Å². The zero-order valence-electron chi connectivity index (χ0n) is 12.6. The zero-order chi connectivity index (χ0) is 15.5. The largest absolute Gasteiger partial charge is 0.345 e. The van der Waals surface area contributed by atoms with Gasteiger partial charge in [-0.3, -0.25) is 4.79 Å². The van der Waals surface area contributed by atoms with Crippen LogP contribution in [0.5, 0.6) is 0 Å². The van der Waals surface area contributed by atoms with E-state index in [2.05, 4.69) is 28.5 Å². The summed E-state index contributed by atoms with van der Waals surface area (Å²) in [5.74, 6) is -0.191. The number of halogens is 1. The fourth-order valence-electron chi connectivity index (χ4n) is 2.94. The van der Waals surface area contributed by atoms with Gasteiger partial charge in [0.2, 0.25) is 0 Å². The number of aryl methyl sites for hydroxylation is 2. The quantitative estimate of drug-likeness (QED) is 0.866. The highest BCUT2D eigenvalue weighted by molar-refractivity contribution is 6.32. The Kier molecular flexibility index (Phi) is 4.44. The lowest BCUT2D eigenvalue weighted by atomic mass is 9.89. The number of pyridine rings is 1. The van der Waals surface area contributed by atoms with Crippen LogP contribution in [-0.2, 0) is 12.8 Å². The maximum Gasteiger partial charge on any atom is 0.254 e. The third kappa shape index (κ3) is 3.14. The second-order valence-electron chi connectivity index (χ2n) is 5.77. The van der Waals surface area contributed by atoms with Crippen LogP contribution in [0.2, 0.25) is 5.15 Å². The molecule has 3 rings (SSSR count). The van der Waals surface area contributed by atoms with E-state index >= 15 is 0 Å². The predicted molar refractivity (Wildman–Crippen MR) is 88.2 cm³/mol. The van der Waals surface area contributed by atoms with Crippen molar-refractivity contribution in [3.05, 3.63) is 63.9 Å². The number of hydrogen-bond donors (Lipinski definition) is 1. The molecule has 1 aliphatic carbocycles. The molecule has 3 nitrogen and oxygen atoms in total. The van der Waals surface area contributed by atoms with Crippen LogP contribution in [0.3, 0.4) is 0 Å². The Morgan fingerprint density at radius 3 is 2.77 bits per heavy atom. The van der Waals surface area contributed by atoms with Crippen LogP contribution in [-0.4, -0.2) is 10.9 Å². The molecule has 0 saturated carbocycles. The van der Waals surface area contributed by atoms with Crippen LogP contribution in [0, 0.1) is 0 Å². The third-order valence-electron chi connectivity index (χ3n) is 4.22. The van der Waals surface area contributed by atoms with E-state index in [0.29, 0.717) is 5.56 Å². The highest BCUT2D eigenvalue weighted by atomic mass is 35.5. The van der Waals surface area contributed by atoms with Crippen molar-refractivity contribution in [1.29, 1.82) is 0 Å². The fraction of sp³-hybridized carbons (Fsp3) is 0.333. The van der Waals surface area contributed by atoms with Crippen molar-refractivity contribution in [2.45, 2.75) is 38.6 Å². The first-order valence-corrected chi connectivity index (χ1v) is 8.06. The van der Waals surface area contributed by atoms with Crippen molar-refractivity contribution < 1.29 is 4.79 Å². The lowest BCUT2D eigenvalue weighted by molar-refractivity contribution is 0.0939. The van der Waals surface area contributed by atoms with Crippen LogP contribution in [0.15, 0.2) is 36.5 Å². The van der Waals surface area contributed by atoms with Gasteiger partial charge in [-0.25, -0.2) is 4.98 Å². The normalized spacial score (nSPS) is 15.0. The predicted octanol–water partition coefficient (Wildman–Crippen LogP) is 4.10. The van der Waals surface area contributed by atoms with Gasteiger partial charge < -0.3 is 5.32 Å². The van der Waals surface area contributed by atoms with E-state index in [1.54, 1.807) is 18.3 Å². The lowest BCUT2D eigenvalue weighted by Crippen LogP contribution is -2.27. The average molecular weight is 315 g/mol. The van der Waals surface area contributed by atoms with Crippen molar-refractivity contribution in [1.82, 2.24) is 10.3 Å². The topological polar surface area (TPSA) is 42.0 Å². The number of hydrogen-bond acceptors (Lipinski definition) is 2. The Bertz CT molecular complexity index is 699. The van der Waals surface area contributed by atoms with Gasteiger partial charge in [-0.1, -0.05) is 29.8 Å². The summed E-state index contributed by atoms with van der Waals surface area (Å²) in [4.78, 5) is 16.2. The molecular formula is C18H19ClN2O. The van der Waals surface area contributed by atoms with Crippen molar-refractivity contribution in [2.75, 3.05) is 0 Å². The van der Waals surface area contributed by atoms with Gasteiger partial charge in [0.05, 0.1) is 11.6 Å². The number of fused-ring (bicyclic) bond motifs is 1. The molecule has 2 aromatic rings. The fourth-order valence-corrected chi connectivity index (χ4v) is 3.14. The molecule has 0 saturated heterocycles. The second-order valence-corrected chi connectivity index (χ2v) is 6.13. The van der Waals surface area contributed by atoms with Gasteiger partial charge in [0, 0.05) is 6.20 Å². The Hall–Kier alpha value is -1.87. The molecular weight excluding hydrogens is 296 g/mol. The summed E-state index contributed by atoms with van der Waals surface area (Å²) < 4.78 is 0. The van der Waals surface area contributed by atoms with E-state index in [0.717, 1.165) is 12.0 Å². The molecule has 0 fully saturated rings. The minimum absolute atomic E-state index is 0.0593. The van der Waals surface area contributed by atoms with Crippen LogP contribution < -0.4 is 5.32 Å². The Balaban J connectivity index is 1.76. The maximum absolute atomic E-state index is 12.3. The van der Waals surface area contributed by atoms with Crippen LogP contribution in [0.25, 0.3) is 0 Å². The van der Waals surface area contributed by atoms with Gasteiger partial charge in [-0.15, -0.1) is 0 Å². The number of carbonyl (C=O) groups is 1. The van der Waals surface area contributed by atoms with Gasteiger partial charge in [0.25, 0.3) is 5.91 Å². The second kappa shape index (κ2) is 6.49. The van der Waals surface area contributed by atoms with Crippen molar-refractivity contribution in [2.24, 2.45) is 0 Å². The van der Waals surface area contributed by atoms with Crippen LogP contribution in [0.4, 0.5) is 0 Å².